The van der Waals surface area contributed by atoms with E-state index >= 15 is 0 Å². The highest BCUT2D eigenvalue weighted by Gasteiger charge is 2.19. The summed E-state index contributed by atoms with van der Waals surface area (Å²) in [5.74, 6) is -1.55. The maximum absolute atomic E-state index is 14.0. The van der Waals surface area contributed by atoms with Gasteiger partial charge in [-0.05, 0) is 49.2 Å². The summed E-state index contributed by atoms with van der Waals surface area (Å²) in [6.07, 6.45) is 0. The number of aryl methyl sites for hydroxylation is 1. The van der Waals surface area contributed by atoms with Crippen LogP contribution in [0.2, 0.25) is 10.0 Å². The molecule has 118 valence electrons. The van der Waals surface area contributed by atoms with Crippen LogP contribution in [0, 0.1) is 19.7 Å². The van der Waals surface area contributed by atoms with E-state index in [4.69, 9.17) is 27.6 Å². The van der Waals surface area contributed by atoms with Crippen LogP contribution in [-0.2, 0) is 0 Å². The van der Waals surface area contributed by atoms with Crippen molar-refractivity contribution in [1.82, 2.24) is 9.78 Å². The summed E-state index contributed by atoms with van der Waals surface area (Å²) in [6.45, 7) is 3.60. The molecule has 3 aromatic rings. The Kier molecular flexibility index (Phi) is 4.00. The van der Waals surface area contributed by atoms with Crippen LogP contribution in [0.4, 0.5) is 4.39 Å². The Labute approximate surface area is 141 Å². The molecular formula is C16H11Cl2FN2O2. The highest BCUT2D eigenvalue weighted by Crippen LogP contribution is 2.29. The number of halogens is 3. The second-order valence-corrected chi connectivity index (χ2v) is 5.89. The molecule has 3 rings (SSSR count). The Hall–Kier alpha value is -2.11. The quantitative estimate of drug-likeness (QED) is 0.679. The fourth-order valence-electron chi connectivity index (χ4n) is 2.25. The lowest BCUT2D eigenvalue weighted by atomic mass is 10.1. The first kappa shape index (κ1) is 15.8. The van der Waals surface area contributed by atoms with Gasteiger partial charge in [-0.1, -0.05) is 29.3 Å². The Morgan fingerprint density at radius 1 is 1.17 bits per heavy atom. The van der Waals surface area contributed by atoms with Gasteiger partial charge in [-0.25, -0.2) is 9.18 Å². The Bertz CT molecular complexity index is 943. The van der Waals surface area contributed by atoms with E-state index in [-0.39, 0.29) is 16.5 Å². The summed E-state index contributed by atoms with van der Waals surface area (Å²) in [7, 11) is 0. The van der Waals surface area contributed by atoms with Crippen LogP contribution in [0.25, 0.3) is 17.1 Å². The van der Waals surface area contributed by atoms with Gasteiger partial charge in [0.15, 0.2) is 0 Å². The Balaban J connectivity index is 2.23. The van der Waals surface area contributed by atoms with Gasteiger partial charge in [0.2, 0.25) is 0 Å². The van der Waals surface area contributed by atoms with Gasteiger partial charge < -0.3 is 4.42 Å². The molecule has 1 aromatic heterocycles. The van der Waals surface area contributed by atoms with Crippen LogP contribution in [0.5, 0.6) is 0 Å². The average molecular weight is 353 g/mol. The number of aromatic nitrogens is 2. The Morgan fingerprint density at radius 2 is 1.91 bits per heavy atom. The first-order chi connectivity index (χ1) is 10.9. The summed E-state index contributed by atoms with van der Waals surface area (Å²) in [6, 6.07) is 7.70. The normalized spacial score (nSPS) is 11.0. The van der Waals surface area contributed by atoms with E-state index in [0.29, 0.717) is 16.3 Å². The number of rotatable bonds is 2. The molecule has 0 N–H and O–H groups in total. The standard InChI is InChI=1S/C16H11Cl2FN2O2/c1-8-6-11(18)9(2)13(7-8)21-16(22)23-15(20-21)14-10(17)4-3-5-12(14)19/h3-7H,1-2H3. The smallest absolute Gasteiger partial charge is 0.387 e. The molecule has 1 heterocycles. The minimum Gasteiger partial charge on any atom is -0.387 e. The molecule has 7 heteroatoms. The molecule has 0 fully saturated rings. The molecule has 2 aromatic carbocycles. The van der Waals surface area contributed by atoms with Crippen LogP contribution in [0.15, 0.2) is 39.5 Å². The second kappa shape index (κ2) is 5.83. The van der Waals surface area contributed by atoms with Crippen molar-refractivity contribution in [3.63, 3.8) is 0 Å². The van der Waals surface area contributed by atoms with Gasteiger partial charge in [0.1, 0.15) is 5.82 Å². The predicted octanol–water partition coefficient (Wildman–Crippen LogP) is 4.56. The lowest BCUT2D eigenvalue weighted by Crippen LogP contribution is -2.15. The molecule has 0 aliphatic carbocycles. The van der Waals surface area contributed by atoms with Gasteiger partial charge in [0, 0.05) is 5.02 Å². The van der Waals surface area contributed by atoms with Crippen molar-refractivity contribution in [2.45, 2.75) is 13.8 Å². The van der Waals surface area contributed by atoms with Gasteiger partial charge in [-0.15, -0.1) is 5.10 Å². The van der Waals surface area contributed by atoms with E-state index in [1.54, 1.807) is 19.1 Å². The molecule has 0 bridgehead atoms. The largest absolute Gasteiger partial charge is 0.442 e. The number of nitrogens with zero attached hydrogens (tertiary/aromatic N) is 2. The van der Waals surface area contributed by atoms with Crippen molar-refractivity contribution in [3.05, 3.63) is 67.9 Å². The van der Waals surface area contributed by atoms with Crippen molar-refractivity contribution in [2.75, 3.05) is 0 Å². The summed E-state index contributed by atoms with van der Waals surface area (Å²) in [5, 5.41) is 4.68. The molecular weight excluding hydrogens is 342 g/mol. The van der Waals surface area contributed by atoms with Gasteiger partial charge >= 0.3 is 5.76 Å². The molecule has 0 radical (unpaired) electrons. The predicted molar refractivity (Wildman–Crippen MR) is 87.0 cm³/mol. The van der Waals surface area contributed by atoms with Crippen LogP contribution < -0.4 is 5.76 Å². The maximum atomic E-state index is 14.0. The molecule has 0 aliphatic heterocycles. The van der Waals surface area contributed by atoms with E-state index in [2.05, 4.69) is 5.10 Å². The minimum absolute atomic E-state index is 0.0542. The molecule has 23 heavy (non-hydrogen) atoms. The number of benzene rings is 2. The molecule has 0 aliphatic rings. The van der Waals surface area contributed by atoms with E-state index in [1.165, 1.54) is 18.2 Å². The zero-order valence-electron chi connectivity index (χ0n) is 12.2. The van der Waals surface area contributed by atoms with E-state index in [9.17, 15) is 9.18 Å². The van der Waals surface area contributed by atoms with Crippen LogP contribution in [0.3, 0.4) is 0 Å². The average Bonchev–Trinajstić information content (AvgIpc) is 2.84. The zero-order chi connectivity index (χ0) is 16.7. The third-order valence-electron chi connectivity index (χ3n) is 3.41. The molecule has 0 saturated carbocycles. The fourth-order valence-corrected chi connectivity index (χ4v) is 2.76. The van der Waals surface area contributed by atoms with Crippen molar-refractivity contribution in [2.24, 2.45) is 0 Å². The molecule has 0 amide bonds. The number of hydrogen-bond acceptors (Lipinski definition) is 3. The summed E-state index contributed by atoms with van der Waals surface area (Å²) in [4.78, 5) is 12.1. The first-order valence-corrected chi connectivity index (χ1v) is 7.45. The summed E-state index contributed by atoms with van der Waals surface area (Å²) >= 11 is 12.1. The van der Waals surface area contributed by atoms with Gasteiger partial charge in [-0.3, -0.25) is 0 Å². The third kappa shape index (κ3) is 2.78. The summed E-state index contributed by atoms with van der Waals surface area (Å²) < 4.78 is 20.1. The molecule has 0 saturated heterocycles. The monoisotopic (exact) mass is 352 g/mol. The van der Waals surface area contributed by atoms with Crippen LogP contribution in [0.1, 0.15) is 11.1 Å². The van der Waals surface area contributed by atoms with Crippen molar-refractivity contribution >= 4 is 23.2 Å². The van der Waals surface area contributed by atoms with Crippen LogP contribution >= 0.6 is 23.2 Å². The van der Waals surface area contributed by atoms with Gasteiger partial charge in [0.05, 0.1) is 16.3 Å². The Morgan fingerprint density at radius 3 is 2.61 bits per heavy atom. The first-order valence-electron chi connectivity index (χ1n) is 6.70. The van der Waals surface area contributed by atoms with Gasteiger partial charge in [0.25, 0.3) is 5.89 Å². The molecule has 0 unspecified atom stereocenters. The number of hydrogen-bond donors (Lipinski definition) is 0. The van der Waals surface area contributed by atoms with Crippen molar-refractivity contribution in [3.8, 4) is 17.1 Å². The highest BCUT2D eigenvalue weighted by molar-refractivity contribution is 6.33. The lowest BCUT2D eigenvalue weighted by Gasteiger charge is -2.07. The molecule has 0 atom stereocenters. The molecule has 0 spiro atoms. The van der Waals surface area contributed by atoms with E-state index < -0.39 is 11.6 Å². The van der Waals surface area contributed by atoms with E-state index in [1.807, 2.05) is 6.92 Å². The van der Waals surface area contributed by atoms with Crippen LogP contribution in [-0.4, -0.2) is 9.78 Å². The topological polar surface area (TPSA) is 48.0 Å². The second-order valence-electron chi connectivity index (χ2n) is 5.07. The van der Waals surface area contributed by atoms with Crippen molar-refractivity contribution < 1.29 is 8.81 Å². The highest BCUT2D eigenvalue weighted by atomic mass is 35.5. The maximum Gasteiger partial charge on any atom is 0.442 e. The van der Waals surface area contributed by atoms with E-state index in [0.717, 1.165) is 10.2 Å². The van der Waals surface area contributed by atoms with Crippen molar-refractivity contribution in [1.29, 1.82) is 0 Å². The van der Waals surface area contributed by atoms with Gasteiger partial charge in [-0.2, -0.15) is 4.68 Å². The lowest BCUT2D eigenvalue weighted by molar-refractivity contribution is 0.511. The summed E-state index contributed by atoms with van der Waals surface area (Å²) in [5.41, 5.74) is 1.94. The fraction of sp³-hybridized carbons (Fsp3) is 0.125. The zero-order valence-corrected chi connectivity index (χ0v) is 13.7. The molecule has 4 nitrogen and oxygen atoms in total. The SMILES string of the molecule is Cc1cc(Cl)c(C)c(-n2nc(-c3c(F)cccc3Cl)oc2=O)c1. The third-order valence-corrected chi connectivity index (χ3v) is 4.12. The minimum atomic E-state index is -0.746.